The number of rotatable bonds is 6. The third-order valence-electron chi connectivity index (χ3n) is 5.18. The standard InChI is InChI=1S/C22H25N3O3/c1-27-19-6-2-5-18(12-19)21-22-17(7-9-23-21)8-10-25(22)14-20(26)24-13-16-4-3-11-28-15-16/h2,5-10,12,16H,3-4,11,13-15H2,1H3,(H,24,26). The zero-order valence-electron chi connectivity index (χ0n) is 16.1. The second-order valence-electron chi connectivity index (χ2n) is 7.16. The highest BCUT2D eigenvalue weighted by atomic mass is 16.5. The number of carbonyl (C=O) groups is 1. The van der Waals surface area contributed by atoms with Crippen molar-refractivity contribution in [2.45, 2.75) is 19.4 Å². The number of pyridine rings is 1. The Morgan fingerprint density at radius 3 is 3.11 bits per heavy atom. The fourth-order valence-electron chi connectivity index (χ4n) is 3.70. The molecule has 1 aromatic carbocycles. The van der Waals surface area contributed by atoms with Crippen LogP contribution in [-0.4, -0.2) is 42.3 Å². The summed E-state index contributed by atoms with van der Waals surface area (Å²) in [6.45, 7) is 2.50. The number of carbonyl (C=O) groups excluding carboxylic acids is 1. The number of hydrogen-bond donors (Lipinski definition) is 1. The van der Waals surface area contributed by atoms with Gasteiger partial charge in [-0.25, -0.2) is 0 Å². The van der Waals surface area contributed by atoms with Crippen LogP contribution < -0.4 is 10.1 Å². The van der Waals surface area contributed by atoms with Crippen molar-refractivity contribution in [1.29, 1.82) is 0 Å². The van der Waals surface area contributed by atoms with Crippen molar-refractivity contribution in [3.63, 3.8) is 0 Å². The highest BCUT2D eigenvalue weighted by Gasteiger charge is 2.16. The van der Waals surface area contributed by atoms with Gasteiger partial charge < -0.3 is 19.4 Å². The third-order valence-corrected chi connectivity index (χ3v) is 5.18. The first-order valence-corrected chi connectivity index (χ1v) is 9.67. The van der Waals surface area contributed by atoms with E-state index in [-0.39, 0.29) is 12.5 Å². The van der Waals surface area contributed by atoms with Gasteiger partial charge in [-0.05, 0) is 43.0 Å². The highest BCUT2D eigenvalue weighted by Crippen LogP contribution is 2.29. The summed E-state index contributed by atoms with van der Waals surface area (Å²) in [5, 5.41) is 4.11. The van der Waals surface area contributed by atoms with Gasteiger partial charge in [-0.1, -0.05) is 12.1 Å². The van der Waals surface area contributed by atoms with E-state index in [0.717, 1.165) is 54.0 Å². The number of methoxy groups -OCH3 is 1. The molecule has 1 N–H and O–H groups in total. The molecule has 1 unspecified atom stereocenters. The summed E-state index contributed by atoms with van der Waals surface area (Å²) in [7, 11) is 1.65. The maximum absolute atomic E-state index is 12.5. The van der Waals surface area contributed by atoms with Gasteiger partial charge in [0, 0.05) is 36.5 Å². The quantitative estimate of drug-likeness (QED) is 0.714. The molecule has 3 aromatic rings. The van der Waals surface area contributed by atoms with Crippen molar-refractivity contribution in [3.05, 3.63) is 48.8 Å². The topological polar surface area (TPSA) is 65.4 Å². The molecule has 6 nitrogen and oxygen atoms in total. The smallest absolute Gasteiger partial charge is 0.239 e. The minimum absolute atomic E-state index is 0.00326. The Morgan fingerprint density at radius 2 is 2.29 bits per heavy atom. The molecule has 3 heterocycles. The zero-order valence-corrected chi connectivity index (χ0v) is 16.1. The second-order valence-corrected chi connectivity index (χ2v) is 7.16. The average Bonchev–Trinajstić information content (AvgIpc) is 3.16. The molecule has 0 aliphatic carbocycles. The van der Waals surface area contributed by atoms with E-state index in [1.807, 2.05) is 47.2 Å². The van der Waals surface area contributed by atoms with Gasteiger partial charge in [0.05, 0.1) is 24.9 Å². The van der Waals surface area contributed by atoms with E-state index >= 15 is 0 Å². The molecule has 2 aromatic heterocycles. The second kappa shape index (κ2) is 8.44. The molecule has 1 aliphatic rings. The summed E-state index contributed by atoms with van der Waals surface area (Å²) >= 11 is 0. The van der Waals surface area contributed by atoms with Crippen LogP contribution in [0.15, 0.2) is 48.8 Å². The maximum atomic E-state index is 12.5. The predicted molar refractivity (Wildman–Crippen MR) is 108 cm³/mol. The van der Waals surface area contributed by atoms with Crippen LogP contribution in [0.25, 0.3) is 22.2 Å². The van der Waals surface area contributed by atoms with E-state index < -0.39 is 0 Å². The van der Waals surface area contributed by atoms with Gasteiger partial charge in [0.25, 0.3) is 0 Å². The monoisotopic (exact) mass is 379 g/mol. The molecule has 0 saturated carbocycles. The normalized spacial score (nSPS) is 16.8. The van der Waals surface area contributed by atoms with Crippen LogP contribution in [0.2, 0.25) is 0 Å². The largest absolute Gasteiger partial charge is 0.497 e. The number of aromatic nitrogens is 2. The Kier molecular flexibility index (Phi) is 5.58. The van der Waals surface area contributed by atoms with E-state index in [2.05, 4.69) is 10.3 Å². The van der Waals surface area contributed by atoms with Gasteiger partial charge in [-0.2, -0.15) is 0 Å². The fourth-order valence-corrected chi connectivity index (χ4v) is 3.70. The van der Waals surface area contributed by atoms with Gasteiger partial charge >= 0.3 is 0 Å². The van der Waals surface area contributed by atoms with E-state index in [9.17, 15) is 4.79 Å². The zero-order chi connectivity index (χ0) is 19.3. The molecule has 0 radical (unpaired) electrons. The van der Waals surface area contributed by atoms with E-state index in [1.54, 1.807) is 13.3 Å². The third kappa shape index (κ3) is 4.02. The first-order valence-electron chi connectivity index (χ1n) is 9.67. The molecule has 1 aliphatic heterocycles. The molecule has 1 fully saturated rings. The summed E-state index contributed by atoms with van der Waals surface area (Å²) in [4.78, 5) is 17.1. The van der Waals surface area contributed by atoms with Gasteiger partial charge in [-0.3, -0.25) is 9.78 Å². The predicted octanol–water partition coefficient (Wildman–Crippen LogP) is 3.25. The van der Waals surface area contributed by atoms with Crippen molar-refractivity contribution in [2.24, 2.45) is 5.92 Å². The first-order chi connectivity index (χ1) is 13.7. The summed E-state index contributed by atoms with van der Waals surface area (Å²) < 4.78 is 12.8. The Morgan fingerprint density at radius 1 is 1.36 bits per heavy atom. The van der Waals surface area contributed by atoms with Crippen molar-refractivity contribution in [3.8, 4) is 17.0 Å². The lowest BCUT2D eigenvalue weighted by Crippen LogP contribution is -2.35. The minimum atomic E-state index is 0.00326. The number of hydrogen-bond acceptors (Lipinski definition) is 4. The van der Waals surface area contributed by atoms with Crippen LogP contribution in [0.1, 0.15) is 12.8 Å². The molecular formula is C22H25N3O3. The summed E-state index contributed by atoms with van der Waals surface area (Å²) in [6, 6.07) is 11.8. The maximum Gasteiger partial charge on any atom is 0.239 e. The SMILES string of the molecule is COc1cccc(-c2nccc3ccn(CC(=O)NCC4CCCOC4)c23)c1. The number of fused-ring (bicyclic) bond motifs is 1. The van der Waals surface area contributed by atoms with Gasteiger partial charge in [0.2, 0.25) is 5.91 Å². The number of nitrogens with zero attached hydrogens (tertiary/aromatic N) is 2. The lowest BCUT2D eigenvalue weighted by atomic mass is 10.0. The fraction of sp³-hybridized carbons (Fsp3) is 0.364. The van der Waals surface area contributed by atoms with E-state index in [1.165, 1.54) is 0 Å². The van der Waals surface area contributed by atoms with Gasteiger partial charge in [0.15, 0.2) is 0 Å². The average molecular weight is 379 g/mol. The molecule has 4 rings (SSSR count). The Balaban J connectivity index is 1.55. The summed E-state index contributed by atoms with van der Waals surface area (Å²) in [6.07, 6.45) is 5.92. The van der Waals surface area contributed by atoms with Gasteiger partial charge in [-0.15, -0.1) is 0 Å². The molecule has 0 spiro atoms. The van der Waals surface area contributed by atoms with Gasteiger partial charge in [0.1, 0.15) is 12.3 Å². The lowest BCUT2D eigenvalue weighted by molar-refractivity contribution is -0.122. The van der Waals surface area contributed by atoms with Crippen molar-refractivity contribution in [1.82, 2.24) is 14.9 Å². The van der Waals surface area contributed by atoms with Crippen LogP contribution in [0.3, 0.4) is 0 Å². The van der Waals surface area contributed by atoms with Crippen LogP contribution in [0.5, 0.6) is 5.75 Å². The van der Waals surface area contributed by atoms with Crippen LogP contribution >= 0.6 is 0 Å². The Hall–Kier alpha value is -2.86. The van der Waals surface area contributed by atoms with Crippen molar-refractivity contribution < 1.29 is 14.3 Å². The molecule has 146 valence electrons. The van der Waals surface area contributed by atoms with Crippen molar-refractivity contribution in [2.75, 3.05) is 26.9 Å². The molecule has 0 bridgehead atoms. The highest BCUT2D eigenvalue weighted by molar-refractivity contribution is 5.93. The van der Waals surface area contributed by atoms with Crippen molar-refractivity contribution >= 4 is 16.8 Å². The van der Waals surface area contributed by atoms with Crippen LogP contribution in [0, 0.1) is 5.92 Å². The first kappa shape index (κ1) is 18.5. The van der Waals surface area contributed by atoms with E-state index in [0.29, 0.717) is 12.5 Å². The van der Waals surface area contributed by atoms with E-state index in [4.69, 9.17) is 9.47 Å². The van der Waals surface area contributed by atoms with Crippen LogP contribution in [0.4, 0.5) is 0 Å². The molecule has 6 heteroatoms. The Labute approximate surface area is 164 Å². The molecule has 1 atom stereocenters. The van der Waals surface area contributed by atoms with Crippen LogP contribution in [-0.2, 0) is 16.1 Å². The lowest BCUT2D eigenvalue weighted by Gasteiger charge is -2.22. The number of nitrogens with one attached hydrogen (secondary N) is 1. The molecular weight excluding hydrogens is 354 g/mol. The summed E-state index contributed by atoms with van der Waals surface area (Å²) in [5.74, 6) is 1.19. The minimum Gasteiger partial charge on any atom is -0.497 e. The molecule has 1 amide bonds. The summed E-state index contributed by atoms with van der Waals surface area (Å²) in [5.41, 5.74) is 2.76. The molecule has 1 saturated heterocycles. The molecule has 28 heavy (non-hydrogen) atoms. The Bertz CT molecular complexity index is 961. The number of benzene rings is 1. The number of amides is 1. The number of ether oxygens (including phenoxy) is 2.